The molecule has 1 aromatic rings. The molecule has 1 aromatic heterocycles. The molecule has 0 bridgehead atoms. The standard InChI is InChI=1S/C10H14N4O3/c1-17-10(16)13-7-2-5-14(6-7)8-9(15)12-4-3-11-8/h3-4,7H,2,5-6H2,1H3,(H,12,15)(H,13,16). The highest BCUT2D eigenvalue weighted by molar-refractivity contribution is 5.67. The molecule has 2 heterocycles. The Bertz CT molecular complexity index is 459. The molecule has 1 atom stereocenters. The third-order valence-electron chi connectivity index (χ3n) is 2.68. The number of aromatic amines is 1. The van der Waals surface area contributed by atoms with E-state index in [0.29, 0.717) is 18.9 Å². The lowest BCUT2D eigenvalue weighted by Gasteiger charge is -2.16. The molecule has 2 rings (SSSR count). The van der Waals surface area contributed by atoms with Gasteiger partial charge in [0.15, 0.2) is 5.82 Å². The Morgan fingerprint density at radius 3 is 3.24 bits per heavy atom. The minimum Gasteiger partial charge on any atom is -0.453 e. The first-order chi connectivity index (χ1) is 8.20. The zero-order valence-corrected chi connectivity index (χ0v) is 9.47. The first-order valence-electron chi connectivity index (χ1n) is 5.34. The quantitative estimate of drug-likeness (QED) is 0.739. The van der Waals surface area contributed by atoms with Gasteiger partial charge in [0.2, 0.25) is 0 Å². The Morgan fingerprint density at radius 2 is 2.53 bits per heavy atom. The van der Waals surface area contributed by atoms with E-state index in [1.807, 2.05) is 4.90 Å². The van der Waals surface area contributed by atoms with Gasteiger partial charge in [-0.15, -0.1) is 0 Å². The highest BCUT2D eigenvalue weighted by atomic mass is 16.5. The smallest absolute Gasteiger partial charge is 0.407 e. The van der Waals surface area contributed by atoms with Crippen LogP contribution in [0.1, 0.15) is 6.42 Å². The van der Waals surface area contributed by atoms with Crippen LogP contribution in [0.3, 0.4) is 0 Å². The van der Waals surface area contributed by atoms with E-state index >= 15 is 0 Å². The second-order valence-corrected chi connectivity index (χ2v) is 3.81. The van der Waals surface area contributed by atoms with Gasteiger partial charge < -0.3 is 19.9 Å². The van der Waals surface area contributed by atoms with E-state index in [4.69, 9.17) is 0 Å². The predicted octanol–water partition coefficient (Wildman–Crippen LogP) is -0.295. The van der Waals surface area contributed by atoms with Gasteiger partial charge in [-0.3, -0.25) is 4.79 Å². The SMILES string of the molecule is COC(=O)NC1CCN(c2ncc[nH]c2=O)C1. The number of nitrogens with zero attached hydrogens (tertiary/aromatic N) is 2. The van der Waals surface area contributed by atoms with Gasteiger partial charge in [0, 0.05) is 25.5 Å². The number of hydrogen-bond acceptors (Lipinski definition) is 5. The summed E-state index contributed by atoms with van der Waals surface area (Å²) in [5.74, 6) is 0.390. The number of carbonyl (C=O) groups excluding carboxylic acids is 1. The average Bonchev–Trinajstić information content (AvgIpc) is 2.78. The fourth-order valence-electron chi connectivity index (χ4n) is 1.87. The summed E-state index contributed by atoms with van der Waals surface area (Å²) in [7, 11) is 1.32. The van der Waals surface area contributed by atoms with E-state index in [2.05, 4.69) is 20.0 Å². The lowest BCUT2D eigenvalue weighted by Crippen LogP contribution is -2.38. The number of carbonyl (C=O) groups is 1. The molecule has 0 saturated carbocycles. The van der Waals surface area contributed by atoms with Gasteiger partial charge >= 0.3 is 6.09 Å². The Kier molecular flexibility index (Phi) is 3.27. The van der Waals surface area contributed by atoms with Crippen LogP contribution >= 0.6 is 0 Å². The Hall–Kier alpha value is -2.05. The minimum atomic E-state index is -0.452. The second-order valence-electron chi connectivity index (χ2n) is 3.81. The van der Waals surface area contributed by atoms with E-state index < -0.39 is 6.09 Å². The number of anilines is 1. The van der Waals surface area contributed by atoms with Crippen molar-refractivity contribution >= 4 is 11.9 Å². The number of aromatic nitrogens is 2. The largest absolute Gasteiger partial charge is 0.453 e. The maximum atomic E-state index is 11.5. The highest BCUT2D eigenvalue weighted by Crippen LogP contribution is 2.13. The third kappa shape index (κ3) is 2.55. The Morgan fingerprint density at radius 1 is 1.71 bits per heavy atom. The van der Waals surface area contributed by atoms with Crippen LogP contribution in [0.15, 0.2) is 17.2 Å². The number of H-pyrrole nitrogens is 1. The summed E-state index contributed by atoms with van der Waals surface area (Å²) in [5, 5.41) is 2.70. The summed E-state index contributed by atoms with van der Waals surface area (Å²) in [6.07, 6.45) is 3.35. The Labute approximate surface area is 97.8 Å². The molecule has 0 spiro atoms. The van der Waals surface area contributed by atoms with Crippen LogP contribution in [0.2, 0.25) is 0 Å². The first-order valence-corrected chi connectivity index (χ1v) is 5.34. The van der Waals surface area contributed by atoms with Crippen molar-refractivity contribution in [3.05, 3.63) is 22.7 Å². The van der Waals surface area contributed by atoms with Crippen LogP contribution in [-0.2, 0) is 4.74 Å². The first kappa shape index (κ1) is 11.4. The third-order valence-corrected chi connectivity index (χ3v) is 2.68. The molecule has 1 aliphatic heterocycles. The van der Waals surface area contributed by atoms with E-state index in [1.165, 1.54) is 19.5 Å². The minimum absolute atomic E-state index is 0.0103. The summed E-state index contributed by atoms with van der Waals surface area (Å²) in [6, 6.07) is -0.0103. The van der Waals surface area contributed by atoms with Crippen molar-refractivity contribution in [2.45, 2.75) is 12.5 Å². The maximum Gasteiger partial charge on any atom is 0.407 e. The molecule has 7 heteroatoms. The lowest BCUT2D eigenvalue weighted by atomic mass is 10.3. The molecule has 17 heavy (non-hydrogen) atoms. The van der Waals surface area contributed by atoms with Gasteiger partial charge in [-0.05, 0) is 6.42 Å². The number of hydrogen-bond donors (Lipinski definition) is 2. The van der Waals surface area contributed by atoms with Gasteiger partial charge in [0.1, 0.15) is 0 Å². The number of alkyl carbamates (subject to hydrolysis) is 1. The molecule has 1 fully saturated rings. The molecular weight excluding hydrogens is 224 g/mol. The maximum absolute atomic E-state index is 11.5. The van der Waals surface area contributed by atoms with E-state index in [9.17, 15) is 9.59 Å². The highest BCUT2D eigenvalue weighted by Gasteiger charge is 2.26. The van der Waals surface area contributed by atoms with Crippen molar-refractivity contribution < 1.29 is 9.53 Å². The fraction of sp³-hybridized carbons (Fsp3) is 0.500. The van der Waals surface area contributed by atoms with Crippen LogP contribution in [0.25, 0.3) is 0 Å². The van der Waals surface area contributed by atoms with Crippen LogP contribution in [0, 0.1) is 0 Å². The number of methoxy groups -OCH3 is 1. The van der Waals surface area contributed by atoms with Crippen molar-refractivity contribution in [3.63, 3.8) is 0 Å². The number of nitrogens with one attached hydrogen (secondary N) is 2. The van der Waals surface area contributed by atoms with E-state index in [-0.39, 0.29) is 11.6 Å². The number of amides is 1. The van der Waals surface area contributed by atoms with Crippen LogP contribution in [-0.4, -0.2) is 42.3 Å². The predicted molar refractivity (Wildman–Crippen MR) is 61.0 cm³/mol. The molecule has 0 aromatic carbocycles. The summed E-state index contributed by atoms with van der Waals surface area (Å²) < 4.78 is 4.52. The number of rotatable bonds is 2. The molecule has 2 N–H and O–H groups in total. The molecule has 0 radical (unpaired) electrons. The summed E-state index contributed by atoms with van der Waals surface area (Å²) in [6.45, 7) is 1.25. The molecular formula is C10H14N4O3. The summed E-state index contributed by atoms with van der Waals surface area (Å²) >= 11 is 0. The summed E-state index contributed by atoms with van der Waals surface area (Å²) in [4.78, 5) is 31.0. The van der Waals surface area contributed by atoms with Crippen LogP contribution in [0.5, 0.6) is 0 Å². The molecule has 7 nitrogen and oxygen atoms in total. The van der Waals surface area contributed by atoms with Crippen LogP contribution in [0.4, 0.5) is 10.6 Å². The normalized spacial score (nSPS) is 19.1. The summed E-state index contributed by atoms with van der Waals surface area (Å²) in [5.41, 5.74) is -0.216. The molecule has 0 aliphatic carbocycles. The molecule has 1 aliphatic rings. The van der Waals surface area contributed by atoms with Crippen molar-refractivity contribution in [1.82, 2.24) is 15.3 Å². The fourth-order valence-corrected chi connectivity index (χ4v) is 1.87. The molecule has 1 saturated heterocycles. The molecule has 1 amide bonds. The van der Waals surface area contributed by atoms with Crippen LogP contribution < -0.4 is 15.8 Å². The lowest BCUT2D eigenvalue weighted by molar-refractivity contribution is 0.167. The van der Waals surface area contributed by atoms with Crippen molar-refractivity contribution in [1.29, 1.82) is 0 Å². The second kappa shape index (κ2) is 4.86. The van der Waals surface area contributed by atoms with Crippen molar-refractivity contribution in [3.8, 4) is 0 Å². The van der Waals surface area contributed by atoms with Crippen molar-refractivity contribution in [2.75, 3.05) is 25.1 Å². The van der Waals surface area contributed by atoms with Gasteiger partial charge in [-0.2, -0.15) is 0 Å². The van der Waals surface area contributed by atoms with E-state index in [1.54, 1.807) is 0 Å². The number of ether oxygens (including phenoxy) is 1. The van der Waals surface area contributed by atoms with Gasteiger partial charge in [0.25, 0.3) is 5.56 Å². The van der Waals surface area contributed by atoms with Gasteiger partial charge in [-0.25, -0.2) is 9.78 Å². The van der Waals surface area contributed by atoms with Gasteiger partial charge in [-0.1, -0.05) is 0 Å². The average molecular weight is 238 g/mol. The molecule has 92 valence electrons. The monoisotopic (exact) mass is 238 g/mol. The zero-order valence-electron chi connectivity index (χ0n) is 9.47. The zero-order chi connectivity index (χ0) is 12.3. The molecule has 1 unspecified atom stereocenters. The van der Waals surface area contributed by atoms with Crippen molar-refractivity contribution in [2.24, 2.45) is 0 Å². The topological polar surface area (TPSA) is 87.3 Å². The van der Waals surface area contributed by atoms with E-state index in [0.717, 1.165) is 6.42 Å². The van der Waals surface area contributed by atoms with Gasteiger partial charge in [0.05, 0.1) is 13.2 Å². The Balaban J connectivity index is 2.01.